The number of H-pyrrole nitrogens is 1. The molecule has 33 heavy (non-hydrogen) atoms. The van der Waals surface area contributed by atoms with Crippen LogP contribution in [0.3, 0.4) is 0 Å². The molecule has 1 aromatic heterocycles. The molecular formula is C21H29N7O4S. The van der Waals surface area contributed by atoms with Crippen LogP contribution in [0.15, 0.2) is 35.5 Å². The lowest BCUT2D eigenvalue weighted by molar-refractivity contribution is -0.140. The number of carbonyl (C=O) groups is 2. The number of nitrogens with zero attached hydrogens (tertiary/aromatic N) is 3. The van der Waals surface area contributed by atoms with Crippen LogP contribution in [-0.2, 0) is 19.8 Å². The molecule has 5 N–H and O–H groups in total. The van der Waals surface area contributed by atoms with Crippen LogP contribution in [0.1, 0.15) is 32.1 Å². The molecule has 2 amide bonds. The second-order valence-corrected chi connectivity index (χ2v) is 9.68. The molecule has 3 heterocycles. The summed E-state index contributed by atoms with van der Waals surface area (Å²) in [4.78, 5) is 36.6. The van der Waals surface area contributed by atoms with Crippen LogP contribution >= 0.6 is 0 Å². The number of aromatic amines is 1. The first-order chi connectivity index (χ1) is 15.8. The maximum atomic E-state index is 13.2. The number of nitrogens with two attached hydrogens (primary N) is 1. The molecule has 0 aliphatic carbocycles. The number of aromatic nitrogens is 1. The van der Waals surface area contributed by atoms with E-state index in [2.05, 4.69) is 20.0 Å². The monoisotopic (exact) mass is 475 g/mol. The Labute approximate surface area is 192 Å². The van der Waals surface area contributed by atoms with Gasteiger partial charge in [-0.2, -0.15) is 8.42 Å². The lowest BCUT2D eigenvalue weighted by Gasteiger charge is -2.25. The van der Waals surface area contributed by atoms with Crippen molar-refractivity contribution in [3.05, 3.63) is 30.5 Å². The van der Waals surface area contributed by atoms with Crippen molar-refractivity contribution in [2.75, 3.05) is 31.5 Å². The third-order valence-corrected chi connectivity index (χ3v) is 6.36. The molecule has 0 saturated carbocycles. The predicted molar refractivity (Wildman–Crippen MR) is 126 cm³/mol. The van der Waals surface area contributed by atoms with Crippen LogP contribution in [0.25, 0.3) is 10.9 Å². The van der Waals surface area contributed by atoms with Crippen LogP contribution in [-0.4, -0.2) is 73.2 Å². The van der Waals surface area contributed by atoms with Gasteiger partial charge in [0, 0.05) is 37.0 Å². The molecule has 4 rings (SSSR count). The predicted octanol–water partition coefficient (Wildman–Crippen LogP) is 0.732. The topological polar surface area (TPSA) is 153 Å². The molecule has 2 aliphatic heterocycles. The maximum absolute atomic E-state index is 13.2. The van der Waals surface area contributed by atoms with Crippen LogP contribution < -0.4 is 15.2 Å². The molecule has 2 aromatic rings. The number of amides is 2. The Kier molecular flexibility index (Phi) is 6.84. The summed E-state index contributed by atoms with van der Waals surface area (Å²) >= 11 is 0. The van der Waals surface area contributed by atoms with Crippen LogP contribution in [0.5, 0.6) is 0 Å². The average Bonchev–Trinajstić information content (AvgIpc) is 3.42. The van der Waals surface area contributed by atoms with Crippen molar-refractivity contribution in [1.82, 2.24) is 19.5 Å². The summed E-state index contributed by atoms with van der Waals surface area (Å²) in [5.41, 5.74) is 1.43. The number of fused-ring (bicyclic) bond motifs is 1. The van der Waals surface area contributed by atoms with Gasteiger partial charge in [0.05, 0.1) is 6.54 Å². The van der Waals surface area contributed by atoms with Crippen LogP contribution in [0, 0.1) is 0 Å². The number of likely N-dealkylation sites (tertiary alicyclic amines) is 2. The zero-order chi connectivity index (χ0) is 23.4. The number of anilines is 1. The molecule has 2 aliphatic rings. The van der Waals surface area contributed by atoms with E-state index in [1.807, 2.05) is 12.1 Å². The highest BCUT2D eigenvalue weighted by atomic mass is 32.2. The van der Waals surface area contributed by atoms with Crippen molar-refractivity contribution < 1.29 is 18.0 Å². The summed E-state index contributed by atoms with van der Waals surface area (Å²) < 4.78 is 25.7. The number of guanidine groups is 1. The van der Waals surface area contributed by atoms with E-state index in [4.69, 9.17) is 5.14 Å². The summed E-state index contributed by atoms with van der Waals surface area (Å²) in [6, 6.07) is 6.52. The maximum Gasteiger partial charge on any atom is 0.298 e. The zero-order valence-corrected chi connectivity index (χ0v) is 19.1. The Balaban J connectivity index is 1.54. The average molecular weight is 476 g/mol. The van der Waals surface area contributed by atoms with E-state index in [0.717, 1.165) is 49.7 Å². The van der Waals surface area contributed by atoms with Gasteiger partial charge < -0.3 is 20.1 Å². The number of rotatable bonds is 5. The van der Waals surface area contributed by atoms with E-state index in [1.54, 1.807) is 23.2 Å². The van der Waals surface area contributed by atoms with Gasteiger partial charge >= 0.3 is 0 Å². The van der Waals surface area contributed by atoms with E-state index in [1.165, 1.54) is 4.90 Å². The standard InChI is InChI=1S/C21H29N7O4S/c22-33(31,32)26-21(24-16-7-6-15-8-9-23-18(15)13-16)25-17-5-1-2-12-28(20(17)30)14-19(29)27-10-3-4-11-27/h6-9,13,17,23H,1-5,10-12,14H2,(H2,22,31,32)(H2,24,25,26). The molecule has 0 spiro atoms. The number of benzene rings is 1. The first-order valence-electron chi connectivity index (χ1n) is 11.1. The van der Waals surface area contributed by atoms with Crippen molar-refractivity contribution in [2.24, 2.45) is 10.1 Å². The zero-order valence-electron chi connectivity index (χ0n) is 18.3. The third-order valence-electron chi connectivity index (χ3n) is 5.88. The first-order valence-corrected chi connectivity index (χ1v) is 12.6. The number of carbonyl (C=O) groups excluding carboxylic acids is 2. The van der Waals surface area contributed by atoms with Crippen molar-refractivity contribution in [2.45, 2.75) is 38.1 Å². The molecule has 11 nitrogen and oxygen atoms in total. The molecule has 178 valence electrons. The Bertz CT molecular complexity index is 1150. The fraction of sp³-hybridized carbons (Fsp3) is 0.476. The minimum atomic E-state index is -4.13. The number of hydrogen-bond donors (Lipinski definition) is 4. The smallest absolute Gasteiger partial charge is 0.298 e. The summed E-state index contributed by atoms with van der Waals surface area (Å²) in [5, 5.41) is 9.10. The Morgan fingerprint density at radius 1 is 1.15 bits per heavy atom. The molecule has 1 unspecified atom stereocenters. The summed E-state index contributed by atoms with van der Waals surface area (Å²) in [6.07, 6.45) is 5.68. The largest absolute Gasteiger partial charge is 0.361 e. The third kappa shape index (κ3) is 6.02. The Hall–Kier alpha value is -3.12. The molecular weight excluding hydrogens is 446 g/mol. The van der Waals surface area contributed by atoms with Gasteiger partial charge in [-0.3, -0.25) is 9.59 Å². The van der Waals surface area contributed by atoms with Gasteiger partial charge in [-0.25, -0.2) is 14.9 Å². The van der Waals surface area contributed by atoms with E-state index < -0.39 is 16.3 Å². The van der Waals surface area contributed by atoms with Gasteiger partial charge in [-0.1, -0.05) is 6.07 Å². The number of hydrogen-bond acceptors (Lipinski definition) is 5. The molecule has 2 fully saturated rings. The second kappa shape index (κ2) is 9.79. The first kappa shape index (κ1) is 23.1. The van der Waals surface area contributed by atoms with Gasteiger partial charge in [0.25, 0.3) is 10.2 Å². The normalized spacial score (nSPS) is 20.2. The minimum Gasteiger partial charge on any atom is -0.361 e. The van der Waals surface area contributed by atoms with Gasteiger partial charge in [-0.05, 0) is 55.7 Å². The van der Waals surface area contributed by atoms with E-state index in [-0.39, 0.29) is 24.3 Å². The van der Waals surface area contributed by atoms with Crippen LogP contribution in [0.4, 0.5) is 5.69 Å². The van der Waals surface area contributed by atoms with Gasteiger partial charge in [0.15, 0.2) is 0 Å². The molecule has 0 bridgehead atoms. The van der Waals surface area contributed by atoms with Crippen molar-refractivity contribution in [3.8, 4) is 0 Å². The highest BCUT2D eigenvalue weighted by Crippen LogP contribution is 2.19. The van der Waals surface area contributed by atoms with Gasteiger partial charge in [-0.15, -0.1) is 0 Å². The van der Waals surface area contributed by atoms with Crippen molar-refractivity contribution in [1.29, 1.82) is 0 Å². The quantitative estimate of drug-likeness (QED) is 0.371. The van der Waals surface area contributed by atoms with Crippen LogP contribution in [0.2, 0.25) is 0 Å². The van der Waals surface area contributed by atoms with E-state index >= 15 is 0 Å². The minimum absolute atomic E-state index is 0.0136. The lowest BCUT2D eigenvalue weighted by Crippen LogP contribution is -2.46. The highest BCUT2D eigenvalue weighted by Gasteiger charge is 2.30. The van der Waals surface area contributed by atoms with Crippen molar-refractivity contribution >= 4 is 44.6 Å². The summed E-state index contributed by atoms with van der Waals surface area (Å²) in [6.45, 7) is 1.93. The number of nitrogens with one attached hydrogen (secondary N) is 3. The van der Waals surface area contributed by atoms with E-state index in [0.29, 0.717) is 18.7 Å². The highest BCUT2D eigenvalue weighted by molar-refractivity contribution is 7.87. The second-order valence-electron chi connectivity index (χ2n) is 8.39. The molecule has 1 aromatic carbocycles. The van der Waals surface area contributed by atoms with Gasteiger partial charge in [0.1, 0.15) is 6.04 Å². The van der Waals surface area contributed by atoms with E-state index in [9.17, 15) is 18.0 Å². The fourth-order valence-corrected chi connectivity index (χ4v) is 4.60. The Morgan fingerprint density at radius 3 is 2.67 bits per heavy atom. The SMILES string of the molecule is NS(=O)(=O)NC(=NC1CCCCN(CC(=O)N2CCCC2)C1=O)Nc1ccc2cc[nH]c2c1. The number of aliphatic imine (C=N–C) groups is 1. The molecule has 12 heteroatoms. The van der Waals surface area contributed by atoms with Crippen molar-refractivity contribution in [3.63, 3.8) is 0 Å². The molecule has 0 radical (unpaired) electrons. The molecule has 2 saturated heterocycles. The summed E-state index contributed by atoms with van der Waals surface area (Å²) in [7, 11) is -4.13. The molecule has 1 atom stereocenters. The Morgan fingerprint density at radius 2 is 1.91 bits per heavy atom. The summed E-state index contributed by atoms with van der Waals surface area (Å²) in [5.74, 6) is -0.504. The lowest BCUT2D eigenvalue weighted by atomic mass is 10.1. The fourth-order valence-electron chi connectivity index (χ4n) is 4.23. The van der Waals surface area contributed by atoms with Gasteiger partial charge in [0.2, 0.25) is 17.8 Å².